The second-order valence-electron chi connectivity index (χ2n) is 5.91. The number of piperidine rings is 1. The number of nitrogens with zero attached hydrogens (tertiary/aromatic N) is 2. The normalized spacial score (nSPS) is 16.5. The van der Waals surface area contributed by atoms with Crippen molar-refractivity contribution in [3.8, 4) is 0 Å². The van der Waals surface area contributed by atoms with Gasteiger partial charge in [-0.15, -0.1) is 12.4 Å². The minimum Gasteiger partial charge on any atom is -0.354 e. The average Bonchev–Trinajstić information content (AvgIpc) is 2.59. The highest BCUT2D eigenvalue weighted by molar-refractivity contribution is 5.95. The van der Waals surface area contributed by atoms with E-state index in [4.69, 9.17) is 5.73 Å². The molecule has 2 amide bonds. The number of amides is 2. The number of carbonyl (C=O) groups is 2. The number of carbonyl (C=O) groups excluding carboxylic acids is 2. The van der Waals surface area contributed by atoms with Crippen molar-refractivity contribution in [3.05, 3.63) is 39.7 Å². The quantitative estimate of drug-likeness (QED) is 0.567. The van der Waals surface area contributed by atoms with Gasteiger partial charge in [0.2, 0.25) is 5.91 Å². The van der Waals surface area contributed by atoms with Gasteiger partial charge in [-0.05, 0) is 25.3 Å². The van der Waals surface area contributed by atoms with E-state index < -0.39 is 22.3 Å². The summed E-state index contributed by atoms with van der Waals surface area (Å²) in [6, 6.07) is 2.75. The number of nitrogens with two attached hydrogens (primary N) is 1. The van der Waals surface area contributed by atoms with Crippen molar-refractivity contribution in [1.82, 2.24) is 10.2 Å². The topological polar surface area (TPSA) is 119 Å². The van der Waals surface area contributed by atoms with Crippen molar-refractivity contribution >= 4 is 29.9 Å². The van der Waals surface area contributed by atoms with Gasteiger partial charge in [-0.2, -0.15) is 0 Å². The summed E-state index contributed by atoms with van der Waals surface area (Å²) in [7, 11) is 0. The molecule has 1 atom stereocenters. The van der Waals surface area contributed by atoms with Gasteiger partial charge in [-0.1, -0.05) is 0 Å². The number of nitrogens with one attached hydrogen (secondary N) is 1. The van der Waals surface area contributed by atoms with E-state index in [1.54, 1.807) is 0 Å². The van der Waals surface area contributed by atoms with Crippen LogP contribution in [0.15, 0.2) is 18.2 Å². The van der Waals surface area contributed by atoms with E-state index >= 15 is 0 Å². The summed E-state index contributed by atoms with van der Waals surface area (Å²) < 4.78 is 14.1. The van der Waals surface area contributed by atoms with Crippen LogP contribution in [-0.4, -0.2) is 47.3 Å². The monoisotopic (exact) mass is 388 g/mol. The Morgan fingerprint density at radius 3 is 2.73 bits per heavy atom. The summed E-state index contributed by atoms with van der Waals surface area (Å²) in [6.07, 6.45) is 2.60. The molecule has 8 nitrogen and oxygen atoms in total. The number of halogens is 2. The molecule has 0 aromatic heterocycles. The van der Waals surface area contributed by atoms with Gasteiger partial charge in [0.15, 0.2) is 0 Å². The lowest BCUT2D eigenvalue weighted by molar-refractivity contribution is -0.385. The first kappa shape index (κ1) is 21.8. The minimum absolute atomic E-state index is 0. The fourth-order valence-corrected chi connectivity index (χ4v) is 2.88. The highest BCUT2D eigenvalue weighted by atomic mass is 35.5. The van der Waals surface area contributed by atoms with Gasteiger partial charge >= 0.3 is 0 Å². The van der Waals surface area contributed by atoms with Crippen molar-refractivity contribution in [2.45, 2.75) is 31.7 Å². The first-order chi connectivity index (χ1) is 11.9. The molecule has 1 aliphatic rings. The SMILES string of the molecule is Cl.NCCC(=O)NCC1CCCCN1C(=O)c1ccc([N+](=O)[O-])cc1F. The Morgan fingerprint density at radius 2 is 2.12 bits per heavy atom. The van der Waals surface area contributed by atoms with E-state index in [1.807, 2.05) is 0 Å². The Morgan fingerprint density at radius 1 is 1.38 bits per heavy atom. The summed E-state index contributed by atoms with van der Waals surface area (Å²) in [5.74, 6) is -1.64. The van der Waals surface area contributed by atoms with Crippen LogP contribution in [0.25, 0.3) is 0 Å². The molecular formula is C16H22ClFN4O4. The fraction of sp³-hybridized carbons (Fsp3) is 0.500. The largest absolute Gasteiger partial charge is 0.354 e. The van der Waals surface area contributed by atoms with E-state index in [1.165, 1.54) is 4.90 Å². The lowest BCUT2D eigenvalue weighted by Crippen LogP contribution is -2.49. The van der Waals surface area contributed by atoms with Gasteiger partial charge in [0.1, 0.15) is 5.82 Å². The van der Waals surface area contributed by atoms with Crippen molar-refractivity contribution in [2.24, 2.45) is 5.73 Å². The molecule has 144 valence electrons. The zero-order valence-corrected chi connectivity index (χ0v) is 15.0. The first-order valence-electron chi connectivity index (χ1n) is 8.15. The molecule has 0 bridgehead atoms. The van der Waals surface area contributed by atoms with Gasteiger partial charge < -0.3 is 16.0 Å². The van der Waals surface area contributed by atoms with E-state index in [0.717, 1.165) is 31.0 Å². The van der Waals surface area contributed by atoms with Crippen LogP contribution in [0.3, 0.4) is 0 Å². The van der Waals surface area contributed by atoms with E-state index in [0.29, 0.717) is 13.0 Å². The number of nitro benzene ring substituents is 1. The molecule has 1 heterocycles. The standard InChI is InChI=1S/C16H21FN4O4.ClH/c17-14-9-11(21(24)25)4-5-13(14)16(23)20-8-2-1-3-12(20)10-19-15(22)6-7-18;/h4-5,9,12H,1-3,6-8,10,18H2,(H,19,22);1H. The maximum absolute atomic E-state index is 14.1. The molecule has 1 fully saturated rings. The number of hydrogen-bond acceptors (Lipinski definition) is 5. The Kier molecular flexibility index (Phi) is 8.40. The number of hydrogen-bond donors (Lipinski definition) is 2. The van der Waals surface area contributed by atoms with Crippen LogP contribution in [0.1, 0.15) is 36.0 Å². The van der Waals surface area contributed by atoms with Crippen molar-refractivity contribution in [2.75, 3.05) is 19.6 Å². The summed E-state index contributed by atoms with van der Waals surface area (Å²) >= 11 is 0. The predicted molar refractivity (Wildman–Crippen MR) is 95.7 cm³/mol. The Hall–Kier alpha value is -2.26. The van der Waals surface area contributed by atoms with Crippen LogP contribution < -0.4 is 11.1 Å². The van der Waals surface area contributed by atoms with Gasteiger partial charge in [0, 0.05) is 38.2 Å². The predicted octanol–water partition coefficient (Wildman–Crippen LogP) is 1.62. The van der Waals surface area contributed by atoms with Crippen LogP contribution in [0.2, 0.25) is 0 Å². The van der Waals surface area contributed by atoms with Crippen molar-refractivity contribution < 1.29 is 18.9 Å². The first-order valence-corrected chi connectivity index (χ1v) is 8.15. The van der Waals surface area contributed by atoms with Crippen molar-refractivity contribution in [3.63, 3.8) is 0 Å². The van der Waals surface area contributed by atoms with E-state index in [2.05, 4.69) is 5.32 Å². The molecule has 10 heteroatoms. The zero-order valence-electron chi connectivity index (χ0n) is 14.2. The average molecular weight is 389 g/mol. The van der Waals surface area contributed by atoms with Crippen molar-refractivity contribution in [1.29, 1.82) is 0 Å². The summed E-state index contributed by atoms with van der Waals surface area (Å²) in [6.45, 7) is 0.971. The maximum atomic E-state index is 14.1. The van der Waals surface area contributed by atoms with Gasteiger partial charge in [-0.25, -0.2) is 4.39 Å². The number of rotatable bonds is 6. The fourth-order valence-electron chi connectivity index (χ4n) is 2.88. The molecule has 1 aromatic carbocycles. The molecule has 2 rings (SSSR count). The second kappa shape index (κ2) is 10.0. The molecule has 1 aromatic rings. The summed E-state index contributed by atoms with van der Waals surface area (Å²) in [5, 5.41) is 13.4. The van der Waals surface area contributed by atoms with Gasteiger partial charge in [0.05, 0.1) is 16.6 Å². The van der Waals surface area contributed by atoms with Gasteiger partial charge in [0.25, 0.3) is 11.6 Å². The Bertz CT molecular complexity index is 674. The molecule has 1 aliphatic heterocycles. The maximum Gasteiger partial charge on any atom is 0.272 e. The summed E-state index contributed by atoms with van der Waals surface area (Å²) in [4.78, 5) is 35.7. The lowest BCUT2D eigenvalue weighted by Gasteiger charge is -2.36. The molecule has 0 spiro atoms. The zero-order chi connectivity index (χ0) is 18.4. The smallest absolute Gasteiger partial charge is 0.272 e. The molecule has 3 N–H and O–H groups in total. The number of likely N-dealkylation sites (tertiary alicyclic amines) is 1. The summed E-state index contributed by atoms with van der Waals surface area (Å²) in [5.41, 5.74) is 4.72. The van der Waals surface area contributed by atoms with Crippen LogP contribution in [0, 0.1) is 15.9 Å². The van der Waals surface area contributed by atoms with Gasteiger partial charge in [-0.3, -0.25) is 19.7 Å². The molecular weight excluding hydrogens is 367 g/mol. The third-order valence-electron chi connectivity index (χ3n) is 4.19. The molecule has 0 aliphatic carbocycles. The number of nitro groups is 1. The Balaban J connectivity index is 0.00000338. The number of benzene rings is 1. The highest BCUT2D eigenvalue weighted by Crippen LogP contribution is 2.23. The Labute approximate surface area is 156 Å². The molecule has 26 heavy (non-hydrogen) atoms. The molecule has 0 radical (unpaired) electrons. The molecule has 1 unspecified atom stereocenters. The molecule has 0 saturated carbocycles. The van der Waals surface area contributed by atoms with Crippen LogP contribution >= 0.6 is 12.4 Å². The van der Waals surface area contributed by atoms with Crippen LogP contribution in [0.5, 0.6) is 0 Å². The van der Waals surface area contributed by atoms with E-state index in [-0.39, 0.29) is 49.4 Å². The van der Waals surface area contributed by atoms with Crippen LogP contribution in [-0.2, 0) is 4.79 Å². The second-order valence-corrected chi connectivity index (χ2v) is 5.91. The van der Waals surface area contributed by atoms with E-state index in [9.17, 15) is 24.1 Å². The van der Waals surface area contributed by atoms with Crippen LogP contribution in [0.4, 0.5) is 10.1 Å². The minimum atomic E-state index is -0.921. The highest BCUT2D eigenvalue weighted by Gasteiger charge is 2.29. The third-order valence-corrected chi connectivity index (χ3v) is 4.19. The number of non-ortho nitro benzene ring substituents is 1. The third kappa shape index (κ3) is 5.37. The lowest BCUT2D eigenvalue weighted by atomic mass is 10.00. The molecule has 1 saturated heterocycles.